The minimum absolute atomic E-state index is 0. The number of aliphatic hydroxyl groups is 1. The fourth-order valence-electron chi connectivity index (χ4n) is 4.29. The van der Waals surface area contributed by atoms with Crippen molar-refractivity contribution in [3.63, 3.8) is 0 Å². The van der Waals surface area contributed by atoms with Crippen LogP contribution >= 0.6 is 11.3 Å². The Morgan fingerprint density at radius 1 is 1.24 bits per heavy atom. The molecule has 0 radical (unpaired) electrons. The van der Waals surface area contributed by atoms with Crippen LogP contribution in [0, 0.1) is 12.7 Å². The van der Waals surface area contributed by atoms with Crippen molar-refractivity contribution in [2.75, 3.05) is 13.2 Å². The summed E-state index contributed by atoms with van der Waals surface area (Å²) in [6.45, 7) is 4.93. The van der Waals surface area contributed by atoms with Crippen molar-refractivity contribution in [1.29, 1.82) is 0 Å². The maximum Gasteiger partial charge on any atom is 0.251 e. The second kappa shape index (κ2) is 8.89. The molecule has 2 atom stereocenters. The molecule has 37 heavy (non-hydrogen) atoms. The highest BCUT2D eigenvalue weighted by atomic mass is 32.1. The molecule has 5 rings (SSSR count). The van der Waals surface area contributed by atoms with E-state index in [0.717, 1.165) is 15.2 Å². The molecule has 4 N–H and O–H groups in total. The highest BCUT2D eigenvalue weighted by Gasteiger charge is 2.45. The third-order valence-electron chi connectivity index (χ3n) is 6.64. The first-order valence-corrected chi connectivity index (χ1v) is 12.4. The lowest BCUT2D eigenvalue weighted by atomic mass is 9.82. The molecule has 2 aromatic heterocycles. The second-order valence-electron chi connectivity index (χ2n) is 9.60. The summed E-state index contributed by atoms with van der Waals surface area (Å²) in [6, 6.07) is 12.5. The van der Waals surface area contributed by atoms with Gasteiger partial charge in [0, 0.05) is 18.1 Å². The molecule has 0 unspecified atom stereocenters. The van der Waals surface area contributed by atoms with Crippen LogP contribution in [-0.2, 0) is 15.8 Å². The van der Waals surface area contributed by atoms with E-state index >= 15 is 0 Å². The van der Waals surface area contributed by atoms with E-state index in [1.165, 1.54) is 30.4 Å². The van der Waals surface area contributed by atoms with E-state index < -0.39 is 22.7 Å². The minimum atomic E-state index is -1.62. The number of nitrogens with two attached hydrogens (primary N) is 1. The van der Waals surface area contributed by atoms with Gasteiger partial charge >= 0.3 is 0 Å². The number of ether oxygens (including phenoxy) is 1. The minimum Gasteiger partial charge on any atom is -0.489 e. The Morgan fingerprint density at radius 3 is 2.68 bits per heavy atom. The van der Waals surface area contributed by atoms with Crippen LogP contribution in [0.1, 0.15) is 41.9 Å². The molecule has 0 bridgehead atoms. The topological polar surface area (TPSA) is 127 Å². The van der Waals surface area contributed by atoms with Crippen LogP contribution in [0.25, 0.3) is 21.5 Å². The van der Waals surface area contributed by atoms with E-state index in [1.807, 2.05) is 6.92 Å². The van der Waals surface area contributed by atoms with Crippen molar-refractivity contribution >= 4 is 33.4 Å². The normalized spacial score (nSPS) is 18.2. The van der Waals surface area contributed by atoms with Gasteiger partial charge in [-0.15, -0.1) is 11.3 Å². The van der Waals surface area contributed by atoms with Gasteiger partial charge in [0.2, 0.25) is 5.91 Å². The molecule has 0 spiro atoms. The summed E-state index contributed by atoms with van der Waals surface area (Å²) < 4.78 is 20.3. The smallest absolute Gasteiger partial charge is 0.251 e. The zero-order chi connectivity index (χ0) is 26.5. The van der Waals surface area contributed by atoms with Crippen LogP contribution < -0.4 is 15.8 Å². The molecule has 8 nitrogen and oxygen atoms in total. The summed E-state index contributed by atoms with van der Waals surface area (Å²) in [7, 11) is 0. The number of fused-ring (bicyclic) bond motifs is 2. The number of hydrogen-bond donors (Lipinski definition) is 3. The molecule has 2 aromatic carbocycles. The van der Waals surface area contributed by atoms with E-state index in [2.05, 4.69) is 15.3 Å². The number of primary amides is 1. The molecular formula is C27H27FN4O4S. The predicted octanol–water partition coefficient (Wildman–Crippen LogP) is 3.82. The Kier molecular flexibility index (Phi) is 5.96. The molecule has 0 saturated carbocycles. The SMILES string of the molecule is Cc1nc2ccc(C(=O)NC[C@](C)(O)c3cc4c(c(-c5ccc(F)cc5)n3)OC[C@]4(C)C(N)=O)cc2s1.[HH]. The van der Waals surface area contributed by atoms with E-state index in [9.17, 15) is 19.1 Å². The Morgan fingerprint density at radius 2 is 1.97 bits per heavy atom. The average Bonchev–Trinajstić information content (AvgIpc) is 3.41. The lowest BCUT2D eigenvalue weighted by Gasteiger charge is -2.26. The predicted molar refractivity (Wildman–Crippen MR) is 140 cm³/mol. The fourth-order valence-corrected chi connectivity index (χ4v) is 5.16. The lowest BCUT2D eigenvalue weighted by Crippen LogP contribution is -2.41. The number of carbonyl (C=O) groups excluding carboxylic acids is 2. The zero-order valence-corrected chi connectivity index (χ0v) is 21.3. The molecule has 0 aliphatic carbocycles. The molecule has 192 valence electrons. The highest BCUT2D eigenvalue weighted by molar-refractivity contribution is 7.18. The van der Waals surface area contributed by atoms with Crippen LogP contribution in [0.4, 0.5) is 4.39 Å². The van der Waals surface area contributed by atoms with Gasteiger partial charge in [0.1, 0.15) is 34.9 Å². The van der Waals surface area contributed by atoms with Crippen molar-refractivity contribution in [3.8, 4) is 17.0 Å². The standard InChI is InChI=1S/C27H25FN4O4S.H2/c1-14-31-19-9-6-16(10-20(19)37-14)24(33)30-12-27(3,35)21-11-18-23(36-13-26(18,2)25(29)34)22(32-21)15-4-7-17(28)8-5-15;/h4-11,35H,12-13H2,1-3H3,(H2,29,34)(H,30,33);1H/t26-,27-;/m0./s1. The van der Waals surface area contributed by atoms with Gasteiger partial charge in [0.05, 0.1) is 27.5 Å². The van der Waals surface area contributed by atoms with Crippen LogP contribution in [0.5, 0.6) is 5.75 Å². The summed E-state index contributed by atoms with van der Waals surface area (Å²) in [5, 5.41) is 15.1. The number of hydrogen-bond acceptors (Lipinski definition) is 7. The lowest BCUT2D eigenvalue weighted by molar-refractivity contribution is -0.123. The molecule has 4 aromatic rings. The molecule has 1 aliphatic rings. The molecule has 1 aliphatic heterocycles. The number of benzene rings is 2. The van der Waals surface area contributed by atoms with Gasteiger partial charge in [0.15, 0.2) is 0 Å². The van der Waals surface area contributed by atoms with Gasteiger partial charge in [0.25, 0.3) is 5.91 Å². The summed E-state index contributed by atoms with van der Waals surface area (Å²) in [5.41, 5.74) is 5.76. The first-order chi connectivity index (χ1) is 17.5. The summed E-state index contributed by atoms with van der Waals surface area (Å²) in [4.78, 5) is 34.3. The number of nitrogens with one attached hydrogen (secondary N) is 1. The molecule has 0 fully saturated rings. The van der Waals surface area contributed by atoms with Crippen molar-refractivity contribution in [1.82, 2.24) is 15.3 Å². The Balaban J connectivity index is 0.00000336. The summed E-state index contributed by atoms with van der Waals surface area (Å²) in [6.07, 6.45) is 0. The number of halogens is 1. The van der Waals surface area contributed by atoms with Crippen LogP contribution in [0.3, 0.4) is 0 Å². The van der Waals surface area contributed by atoms with Crippen molar-refractivity contribution in [3.05, 3.63) is 76.2 Å². The molecule has 0 saturated heterocycles. The van der Waals surface area contributed by atoms with E-state index in [-0.39, 0.29) is 26.2 Å². The highest BCUT2D eigenvalue weighted by Crippen LogP contribution is 2.45. The Bertz CT molecular complexity index is 1560. The average molecular weight is 523 g/mol. The van der Waals surface area contributed by atoms with Gasteiger partial charge in [-0.2, -0.15) is 0 Å². The summed E-state index contributed by atoms with van der Waals surface area (Å²) >= 11 is 1.49. The molecular weight excluding hydrogens is 495 g/mol. The number of nitrogens with zero attached hydrogens (tertiary/aromatic N) is 2. The quantitative estimate of drug-likeness (QED) is 0.353. The number of carbonyl (C=O) groups is 2. The van der Waals surface area contributed by atoms with Gasteiger partial charge in [-0.25, -0.2) is 14.4 Å². The van der Waals surface area contributed by atoms with Gasteiger partial charge in [-0.1, -0.05) is 0 Å². The van der Waals surface area contributed by atoms with Crippen molar-refractivity contribution in [2.45, 2.75) is 31.8 Å². The number of amides is 2. The fraction of sp³-hybridized carbons (Fsp3) is 0.259. The van der Waals surface area contributed by atoms with E-state index in [1.54, 1.807) is 43.3 Å². The van der Waals surface area contributed by atoms with E-state index in [4.69, 9.17) is 10.5 Å². The maximum atomic E-state index is 13.6. The first kappa shape index (κ1) is 24.8. The van der Waals surface area contributed by atoms with Gasteiger partial charge < -0.3 is 20.9 Å². The number of aromatic nitrogens is 2. The molecule has 10 heteroatoms. The van der Waals surface area contributed by atoms with Gasteiger partial charge in [-0.3, -0.25) is 9.59 Å². The number of pyridine rings is 1. The van der Waals surface area contributed by atoms with Crippen LogP contribution in [0.2, 0.25) is 0 Å². The summed E-state index contributed by atoms with van der Waals surface area (Å²) in [5.74, 6) is -1.01. The van der Waals surface area contributed by atoms with Crippen molar-refractivity contribution in [2.24, 2.45) is 5.73 Å². The van der Waals surface area contributed by atoms with Gasteiger partial charge in [-0.05, 0) is 69.3 Å². The van der Waals surface area contributed by atoms with E-state index in [0.29, 0.717) is 28.1 Å². The number of thiazole rings is 1. The second-order valence-corrected chi connectivity index (χ2v) is 10.8. The number of aryl methyl sites for hydroxylation is 1. The van der Waals surface area contributed by atoms with Crippen LogP contribution in [-0.4, -0.2) is 40.0 Å². The van der Waals surface area contributed by atoms with Crippen molar-refractivity contribution < 1.29 is 25.2 Å². The monoisotopic (exact) mass is 522 g/mol. The Labute approximate surface area is 217 Å². The number of rotatable bonds is 6. The zero-order valence-electron chi connectivity index (χ0n) is 20.5. The van der Waals surface area contributed by atoms with Crippen LogP contribution in [0.15, 0.2) is 48.5 Å². The molecule has 2 amide bonds. The third-order valence-corrected chi connectivity index (χ3v) is 7.57. The largest absolute Gasteiger partial charge is 0.489 e. The maximum absolute atomic E-state index is 13.6. The third kappa shape index (κ3) is 4.42. The molecule has 3 heterocycles. The first-order valence-electron chi connectivity index (χ1n) is 11.6. The Hall–Kier alpha value is -3.89.